The summed E-state index contributed by atoms with van der Waals surface area (Å²) >= 11 is 20.8. The number of rotatable bonds is 3. The number of hydrogen-bond acceptors (Lipinski definition) is 2. The average Bonchev–Trinajstić information content (AvgIpc) is 2.65. The number of nitrogens with one attached hydrogen (secondary N) is 1. The van der Waals surface area contributed by atoms with Crippen molar-refractivity contribution in [1.82, 2.24) is 5.32 Å². The molecule has 0 fully saturated rings. The summed E-state index contributed by atoms with van der Waals surface area (Å²) < 4.78 is 1.96. The van der Waals surface area contributed by atoms with E-state index in [1.165, 1.54) is 0 Å². The smallest absolute Gasteiger partial charge is 0.0888 e. The van der Waals surface area contributed by atoms with E-state index in [-0.39, 0.29) is 6.04 Å². The van der Waals surface area contributed by atoms with E-state index < -0.39 is 0 Å². The maximum Gasteiger partial charge on any atom is 0.0888 e. The topological polar surface area (TPSA) is 12.0 Å². The molecule has 1 N–H and O–H groups in total. The molecule has 1 unspecified atom stereocenters. The summed E-state index contributed by atoms with van der Waals surface area (Å²) in [5, 5.41) is 4.73. The van der Waals surface area contributed by atoms with Gasteiger partial charge in [-0.25, -0.2) is 0 Å². The molecule has 2 rings (SSSR count). The minimum absolute atomic E-state index is 0.0619. The molecule has 18 heavy (non-hydrogen) atoms. The Labute approximate surface area is 137 Å². The lowest BCUT2D eigenvalue weighted by Gasteiger charge is -2.17. The van der Waals surface area contributed by atoms with Crippen LogP contribution in [0.25, 0.3) is 0 Å². The maximum absolute atomic E-state index is 6.09. The van der Waals surface area contributed by atoms with Crippen molar-refractivity contribution in [3.63, 3.8) is 0 Å². The summed E-state index contributed by atoms with van der Waals surface area (Å²) in [5.74, 6) is 0. The summed E-state index contributed by atoms with van der Waals surface area (Å²) in [4.78, 5) is 1.14. The second kappa shape index (κ2) is 6.25. The zero-order valence-corrected chi connectivity index (χ0v) is 14.8. The van der Waals surface area contributed by atoms with E-state index in [2.05, 4.69) is 37.2 Å². The lowest BCUT2D eigenvalue weighted by Crippen LogP contribution is -2.16. The summed E-state index contributed by atoms with van der Waals surface area (Å²) in [7, 11) is 1.92. The number of benzene rings is 1. The van der Waals surface area contributed by atoms with Crippen LogP contribution in [0.15, 0.2) is 32.5 Å². The van der Waals surface area contributed by atoms with Crippen LogP contribution < -0.4 is 5.32 Å². The molecule has 0 radical (unpaired) electrons. The normalized spacial score (nSPS) is 12.7. The highest BCUT2D eigenvalue weighted by atomic mass is 79.9. The first kappa shape index (κ1) is 14.8. The van der Waals surface area contributed by atoms with Crippen molar-refractivity contribution in [2.24, 2.45) is 0 Å². The Kier molecular flexibility index (Phi) is 5.14. The number of thiophene rings is 1. The van der Waals surface area contributed by atoms with Crippen molar-refractivity contribution < 1.29 is 0 Å². The molecule has 0 amide bonds. The van der Waals surface area contributed by atoms with Gasteiger partial charge in [0.2, 0.25) is 0 Å². The molecule has 2 aromatic rings. The number of hydrogen-bond donors (Lipinski definition) is 1. The highest BCUT2D eigenvalue weighted by Crippen LogP contribution is 2.39. The van der Waals surface area contributed by atoms with Crippen LogP contribution >= 0.6 is 66.4 Å². The minimum atomic E-state index is 0.0619. The van der Waals surface area contributed by atoms with Crippen molar-refractivity contribution in [3.8, 4) is 0 Å². The predicted octanol–water partition coefficient (Wildman–Crippen LogP) is 5.89. The van der Waals surface area contributed by atoms with Crippen LogP contribution in [0.2, 0.25) is 10.0 Å². The third kappa shape index (κ3) is 3.11. The Morgan fingerprint density at radius 2 is 1.94 bits per heavy atom. The van der Waals surface area contributed by atoms with Crippen molar-refractivity contribution >= 4 is 66.4 Å². The van der Waals surface area contributed by atoms with Crippen LogP contribution in [0.3, 0.4) is 0 Å². The Morgan fingerprint density at radius 3 is 2.50 bits per heavy atom. The van der Waals surface area contributed by atoms with Gasteiger partial charge in [0.15, 0.2) is 0 Å². The first-order valence-electron chi connectivity index (χ1n) is 5.10. The van der Waals surface area contributed by atoms with Gasteiger partial charge in [-0.15, -0.1) is 11.3 Å². The first-order valence-corrected chi connectivity index (χ1v) is 8.25. The van der Waals surface area contributed by atoms with Crippen LogP contribution in [0.4, 0.5) is 0 Å². The SMILES string of the molecule is CNC(c1cc(Cl)c(Br)s1)c1cc(Cl)ccc1Br. The largest absolute Gasteiger partial charge is 0.309 e. The molecule has 0 spiro atoms. The van der Waals surface area contributed by atoms with Gasteiger partial charge in [-0.3, -0.25) is 0 Å². The van der Waals surface area contributed by atoms with Gasteiger partial charge in [-0.1, -0.05) is 39.1 Å². The summed E-state index contributed by atoms with van der Waals surface area (Å²) in [6.07, 6.45) is 0. The van der Waals surface area contributed by atoms with Crippen molar-refractivity contribution in [2.75, 3.05) is 7.05 Å². The van der Waals surface area contributed by atoms with Gasteiger partial charge in [0.25, 0.3) is 0 Å². The van der Waals surface area contributed by atoms with Crippen LogP contribution in [-0.2, 0) is 0 Å². The van der Waals surface area contributed by atoms with E-state index in [9.17, 15) is 0 Å². The van der Waals surface area contributed by atoms with E-state index >= 15 is 0 Å². The second-order valence-electron chi connectivity index (χ2n) is 3.66. The highest BCUT2D eigenvalue weighted by Gasteiger charge is 2.19. The van der Waals surface area contributed by atoms with Crippen LogP contribution in [0.1, 0.15) is 16.5 Å². The van der Waals surface area contributed by atoms with Crippen LogP contribution in [-0.4, -0.2) is 7.05 Å². The van der Waals surface area contributed by atoms with E-state index in [0.717, 1.165) is 28.7 Å². The highest BCUT2D eigenvalue weighted by molar-refractivity contribution is 9.11. The summed E-state index contributed by atoms with van der Waals surface area (Å²) in [5.41, 5.74) is 1.09. The lowest BCUT2D eigenvalue weighted by molar-refractivity contribution is 0.701. The minimum Gasteiger partial charge on any atom is -0.309 e. The average molecular weight is 430 g/mol. The Bertz CT molecular complexity index is 552. The van der Waals surface area contributed by atoms with Gasteiger partial charge in [0, 0.05) is 14.4 Å². The molecule has 1 nitrogen and oxygen atoms in total. The summed E-state index contributed by atoms with van der Waals surface area (Å²) in [6, 6.07) is 7.79. The van der Waals surface area contributed by atoms with Gasteiger partial charge < -0.3 is 5.32 Å². The van der Waals surface area contributed by atoms with Crippen LogP contribution in [0, 0.1) is 0 Å². The fourth-order valence-corrected chi connectivity index (χ4v) is 4.22. The van der Waals surface area contributed by atoms with E-state index in [1.807, 2.05) is 31.3 Å². The summed E-state index contributed by atoms with van der Waals surface area (Å²) in [6.45, 7) is 0. The molecule has 96 valence electrons. The molecule has 0 aliphatic carbocycles. The van der Waals surface area contributed by atoms with Gasteiger partial charge >= 0.3 is 0 Å². The van der Waals surface area contributed by atoms with E-state index in [0.29, 0.717) is 0 Å². The molecule has 1 aromatic heterocycles. The molecular weight excluding hydrogens is 421 g/mol. The van der Waals surface area contributed by atoms with Crippen LogP contribution in [0.5, 0.6) is 0 Å². The Morgan fingerprint density at radius 1 is 1.22 bits per heavy atom. The molecule has 0 saturated heterocycles. The Hall–Kier alpha value is 0.420. The maximum atomic E-state index is 6.09. The molecule has 0 aliphatic rings. The van der Waals surface area contributed by atoms with Gasteiger partial charge in [-0.2, -0.15) is 0 Å². The third-order valence-corrected chi connectivity index (χ3v) is 6.00. The molecule has 0 aliphatic heterocycles. The molecule has 0 saturated carbocycles. The third-order valence-electron chi connectivity index (χ3n) is 2.51. The number of halogens is 4. The molecule has 1 aromatic carbocycles. The quantitative estimate of drug-likeness (QED) is 0.641. The monoisotopic (exact) mass is 427 g/mol. The zero-order chi connectivity index (χ0) is 13.3. The van der Waals surface area contributed by atoms with Crippen molar-refractivity contribution in [3.05, 3.63) is 53.0 Å². The lowest BCUT2D eigenvalue weighted by atomic mass is 10.1. The Balaban J connectivity index is 2.48. The van der Waals surface area contributed by atoms with Crippen molar-refractivity contribution in [1.29, 1.82) is 0 Å². The fraction of sp³-hybridized carbons (Fsp3) is 0.167. The molecule has 1 atom stereocenters. The van der Waals surface area contributed by atoms with E-state index in [4.69, 9.17) is 23.2 Å². The van der Waals surface area contributed by atoms with E-state index in [1.54, 1.807) is 11.3 Å². The van der Waals surface area contributed by atoms with Crippen molar-refractivity contribution in [2.45, 2.75) is 6.04 Å². The van der Waals surface area contributed by atoms with Gasteiger partial charge in [0.1, 0.15) is 0 Å². The fourth-order valence-electron chi connectivity index (χ4n) is 1.69. The van der Waals surface area contributed by atoms with Gasteiger partial charge in [-0.05, 0) is 52.8 Å². The molecule has 6 heteroatoms. The molecular formula is C12H9Br2Cl2NS. The van der Waals surface area contributed by atoms with Gasteiger partial charge in [0.05, 0.1) is 14.9 Å². The molecule has 1 heterocycles. The molecule has 0 bridgehead atoms. The predicted molar refractivity (Wildman–Crippen MR) is 87.1 cm³/mol. The first-order chi connectivity index (χ1) is 8.52. The zero-order valence-electron chi connectivity index (χ0n) is 9.31. The standard InChI is InChI=1S/C12H9Br2Cl2NS/c1-17-11(10-5-9(16)12(14)18-10)7-4-6(15)2-3-8(7)13/h2-5,11,17H,1H3. The second-order valence-corrected chi connectivity index (χ2v) is 7.76.